The fraction of sp³-hybridized carbons (Fsp3) is 0.242. The average molecular weight is 567 g/mol. The van der Waals surface area contributed by atoms with Crippen LogP contribution >= 0.6 is 0 Å². The van der Waals surface area contributed by atoms with Crippen molar-refractivity contribution in [3.8, 4) is 0 Å². The van der Waals surface area contributed by atoms with Gasteiger partial charge < -0.3 is 25.3 Å². The van der Waals surface area contributed by atoms with Crippen LogP contribution in [-0.2, 0) is 20.8 Å². The lowest BCUT2D eigenvalue weighted by molar-refractivity contribution is -0.130. The summed E-state index contributed by atoms with van der Waals surface area (Å²) in [6.07, 6.45) is 2.84. The van der Waals surface area contributed by atoms with E-state index >= 15 is 0 Å². The third-order valence-corrected chi connectivity index (χ3v) is 7.03. The van der Waals surface area contributed by atoms with Crippen LogP contribution in [0.2, 0.25) is 0 Å². The molecule has 0 fully saturated rings. The van der Waals surface area contributed by atoms with E-state index < -0.39 is 29.5 Å². The summed E-state index contributed by atoms with van der Waals surface area (Å²) in [5, 5.41) is 10.3. The number of aldehydes is 1. The maximum atomic E-state index is 13.3. The number of hydrogen-bond acceptors (Lipinski definition) is 6. The summed E-state index contributed by atoms with van der Waals surface area (Å²) < 4.78 is 1.23. The topological polar surface area (TPSA) is 126 Å². The Morgan fingerprint density at radius 1 is 0.905 bits per heavy atom. The number of carbonyl (C=O) groups is 4. The Labute approximate surface area is 243 Å². The van der Waals surface area contributed by atoms with Crippen LogP contribution in [0, 0.1) is 0 Å². The molecule has 3 N–H and O–H groups in total. The summed E-state index contributed by atoms with van der Waals surface area (Å²) in [6.45, 7) is 2.28. The lowest BCUT2D eigenvalue weighted by atomic mass is 10.1. The van der Waals surface area contributed by atoms with Crippen molar-refractivity contribution in [2.24, 2.45) is 0 Å². The Bertz CT molecular complexity index is 1620. The van der Waals surface area contributed by atoms with Crippen LogP contribution < -0.4 is 21.5 Å². The standard InChI is InChI=1S/C33H34N4O5/c1-2-29(32(41)35-27(17-20-38)30(39)22-34-18-16-23-9-4-3-5-10-23)37-19-8-13-28(33(37)42)36-31(40)26-15-14-24-11-6-7-12-25(24)21-26/h3-15,19-21,27,29,34H,2,16-18,22H2,1H3,(H,35,41)(H,36,40). The largest absolute Gasteiger partial charge is 0.344 e. The predicted octanol–water partition coefficient (Wildman–Crippen LogP) is 3.68. The summed E-state index contributed by atoms with van der Waals surface area (Å²) in [6, 6.07) is 23.8. The fourth-order valence-electron chi connectivity index (χ4n) is 4.73. The summed E-state index contributed by atoms with van der Waals surface area (Å²) in [5.41, 5.74) is 0.975. The molecule has 0 aliphatic carbocycles. The molecule has 0 saturated carbocycles. The Morgan fingerprint density at radius 3 is 2.38 bits per heavy atom. The van der Waals surface area contributed by atoms with Crippen molar-refractivity contribution in [1.82, 2.24) is 15.2 Å². The van der Waals surface area contributed by atoms with Crippen molar-refractivity contribution in [3.63, 3.8) is 0 Å². The maximum Gasteiger partial charge on any atom is 0.275 e. The quantitative estimate of drug-likeness (QED) is 0.158. The zero-order valence-electron chi connectivity index (χ0n) is 23.4. The highest BCUT2D eigenvalue weighted by Gasteiger charge is 2.26. The van der Waals surface area contributed by atoms with Crippen molar-refractivity contribution in [2.75, 3.05) is 18.4 Å². The molecule has 2 atom stereocenters. The van der Waals surface area contributed by atoms with Crippen molar-refractivity contribution in [2.45, 2.75) is 38.3 Å². The molecule has 42 heavy (non-hydrogen) atoms. The van der Waals surface area contributed by atoms with Gasteiger partial charge in [0.2, 0.25) is 5.91 Å². The Morgan fingerprint density at radius 2 is 1.64 bits per heavy atom. The van der Waals surface area contributed by atoms with Crippen LogP contribution in [-0.4, -0.2) is 47.6 Å². The first-order chi connectivity index (χ1) is 20.4. The Balaban J connectivity index is 1.41. The normalized spacial score (nSPS) is 12.3. The van der Waals surface area contributed by atoms with Gasteiger partial charge in [-0.1, -0.05) is 67.6 Å². The molecule has 1 heterocycles. The van der Waals surface area contributed by atoms with Gasteiger partial charge in [0.15, 0.2) is 5.78 Å². The molecule has 0 saturated heterocycles. The number of benzene rings is 3. The summed E-state index contributed by atoms with van der Waals surface area (Å²) in [7, 11) is 0. The zero-order chi connectivity index (χ0) is 29.9. The number of ketones is 1. The molecule has 216 valence electrons. The molecule has 4 rings (SSSR count). The van der Waals surface area contributed by atoms with Crippen molar-refractivity contribution < 1.29 is 19.2 Å². The molecule has 0 aliphatic heterocycles. The first kappa shape index (κ1) is 30.1. The predicted molar refractivity (Wildman–Crippen MR) is 163 cm³/mol. The average Bonchev–Trinajstić information content (AvgIpc) is 3.01. The number of carbonyl (C=O) groups excluding carboxylic acids is 4. The number of fused-ring (bicyclic) bond motifs is 1. The highest BCUT2D eigenvalue weighted by atomic mass is 16.2. The van der Waals surface area contributed by atoms with Gasteiger partial charge in [0, 0.05) is 18.2 Å². The van der Waals surface area contributed by atoms with Crippen LogP contribution in [0.15, 0.2) is 95.9 Å². The second-order valence-electron chi connectivity index (χ2n) is 9.92. The molecular weight excluding hydrogens is 532 g/mol. The van der Waals surface area contributed by atoms with Gasteiger partial charge in [-0.25, -0.2) is 0 Å². The first-order valence-electron chi connectivity index (χ1n) is 13.9. The highest BCUT2D eigenvalue weighted by Crippen LogP contribution is 2.17. The van der Waals surface area contributed by atoms with Crippen molar-refractivity contribution in [3.05, 3.63) is 113 Å². The molecule has 0 spiro atoms. The van der Waals surface area contributed by atoms with E-state index in [9.17, 15) is 24.0 Å². The SMILES string of the molecule is CCC(C(=O)NC(CC=O)C(=O)CNCCc1ccccc1)n1cccc(NC(=O)c2ccc3ccccc3c2)c1=O. The molecule has 0 aliphatic rings. The number of amides is 2. The fourth-order valence-corrected chi connectivity index (χ4v) is 4.73. The summed E-state index contributed by atoms with van der Waals surface area (Å²) in [5.74, 6) is -1.35. The van der Waals surface area contributed by atoms with Gasteiger partial charge >= 0.3 is 0 Å². The molecule has 9 nitrogen and oxygen atoms in total. The molecule has 2 amide bonds. The van der Waals surface area contributed by atoms with Crippen LogP contribution in [0.1, 0.15) is 41.7 Å². The van der Waals surface area contributed by atoms with Crippen LogP contribution in [0.25, 0.3) is 10.8 Å². The monoisotopic (exact) mass is 566 g/mol. The maximum absolute atomic E-state index is 13.3. The van der Waals surface area contributed by atoms with E-state index in [1.165, 1.54) is 16.8 Å². The summed E-state index contributed by atoms with van der Waals surface area (Å²) in [4.78, 5) is 63.7. The van der Waals surface area contributed by atoms with E-state index in [4.69, 9.17) is 0 Å². The third kappa shape index (κ3) is 7.64. The minimum Gasteiger partial charge on any atom is -0.344 e. The third-order valence-electron chi connectivity index (χ3n) is 7.03. The smallest absolute Gasteiger partial charge is 0.275 e. The number of Topliss-reactive ketones (excluding diaryl/α,β-unsaturated/α-hetero) is 1. The van der Waals surface area contributed by atoms with Crippen LogP contribution in [0.4, 0.5) is 5.69 Å². The van der Waals surface area contributed by atoms with Gasteiger partial charge in [-0.2, -0.15) is 0 Å². The molecule has 2 unspecified atom stereocenters. The van der Waals surface area contributed by atoms with E-state index in [2.05, 4.69) is 16.0 Å². The number of nitrogens with one attached hydrogen (secondary N) is 3. The minimum atomic E-state index is -1.03. The zero-order valence-corrected chi connectivity index (χ0v) is 23.4. The highest BCUT2D eigenvalue weighted by molar-refractivity contribution is 6.06. The number of hydrogen-bond donors (Lipinski definition) is 3. The summed E-state index contributed by atoms with van der Waals surface area (Å²) >= 11 is 0. The van der Waals surface area contributed by atoms with E-state index in [0.29, 0.717) is 18.4 Å². The molecule has 1 aromatic heterocycles. The second-order valence-corrected chi connectivity index (χ2v) is 9.92. The van der Waals surface area contributed by atoms with E-state index in [0.717, 1.165) is 22.8 Å². The first-order valence-corrected chi connectivity index (χ1v) is 13.9. The van der Waals surface area contributed by atoms with Crippen molar-refractivity contribution in [1.29, 1.82) is 0 Å². The second kappa shape index (κ2) is 14.7. The van der Waals surface area contributed by atoms with Gasteiger partial charge in [0.1, 0.15) is 18.0 Å². The number of pyridine rings is 1. The number of nitrogens with zero attached hydrogens (tertiary/aromatic N) is 1. The number of rotatable bonds is 14. The molecule has 3 aromatic carbocycles. The Hall–Kier alpha value is -4.89. The molecule has 0 radical (unpaired) electrons. The van der Waals surface area contributed by atoms with E-state index in [1.54, 1.807) is 25.1 Å². The number of aromatic nitrogens is 1. The van der Waals surface area contributed by atoms with E-state index in [-0.39, 0.29) is 30.9 Å². The van der Waals surface area contributed by atoms with Crippen molar-refractivity contribution >= 4 is 40.3 Å². The van der Waals surface area contributed by atoms with Gasteiger partial charge in [0.25, 0.3) is 11.5 Å². The molecule has 9 heteroatoms. The van der Waals surface area contributed by atoms with Gasteiger partial charge in [-0.15, -0.1) is 0 Å². The van der Waals surface area contributed by atoms with Gasteiger partial charge in [-0.3, -0.25) is 19.2 Å². The molecular formula is C33H34N4O5. The van der Waals surface area contributed by atoms with Crippen LogP contribution in [0.5, 0.6) is 0 Å². The van der Waals surface area contributed by atoms with E-state index in [1.807, 2.05) is 60.7 Å². The number of anilines is 1. The lowest BCUT2D eigenvalue weighted by Gasteiger charge is -2.22. The van der Waals surface area contributed by atoms with Gasteiger partial charge in [0.05, 0.1) is 12.6 Å². The molecule has 4 aromatic rings. The van der Waals surface area contributed by atoms with Crippen LogP contribution in [0.3, 0.4) is 0 Å². The Kier molecular flexibility index (Phi) is 10.5. The van der Waals surface area contributed by atoms with Gasteiger partial charge in [-0.05, 0) is 60.0 Å². The minimum absolute atomic E-state index is 0.0152. The molecule has 0 bridgehead atoms. The lowest BCUT2D eigenvalue weighted by Crippen LogP contribution is -2.48.